The average molecular weight is 216 g/mol. The van der Waals surface area contributed by atoms with Crippen molar-refractivity contribution in [3.8, 4) is 0 Å². The summed E-state index contributed by atoms with van der Waals surface area (Å²) in [6.07, 6.45) is 1.05. The summed E-state index contributed by atoms with van der Waals surface area (Å²) in [4.78, 5) is 10.4. The highest BCUT2D eigenvalue weighted by Gasteiger charge is 2.22. The predicted octanol–water partition coefficient (Wildman–Crippen LogP) is -0.386. The topological polar surface area (TPSA) is 114 Å². The minimum atomic E-state index is -0.353. The van der Waals surface area contributed by atoms with Crippen molar-refractivity contribution in [3.05, 3.63) is 0 Å². The number of carbonyl (C=O) groups is 1. The molecular weight excluding hydrogens is 196 g/mol. The first-order valence-corrected chi connectivity index (χ1v) is 4.87. The van der Waals surface area contributed by atoms with Crippen molar-refractivity contribution in [2.75, 3.05) is 13.1 Å². The highest BCUT2D eigenvalue weighted by Crippen LogP contribution is 2.19. The normalized spacial score (nSPS) is 12.8. The fourth-order valence-electron chi connectivity index (χ4n) is 1.00. The largest absolute Gasteiger partial charge is 0.409 e. The van der Waals surface area contributed by atoms with Crippen molar-refractivity contribution >= 4 is 11.7 Å². The van der Waals surface area contributed by atoms with Gasteiger partial charge in [-0.15, -0.1) is 0 Å². The van der Waals surface area contributed by atoms with Gasteiger partial charge in [0.2, 0.25) is 5.91 Å². The number of nitrogens with zero attached hydrogens (tertiary/aromatic N) is 1. The maximum Gasteiger partial charge on any atom is 0.218 e. The van der Waals surface area contributed by atoms with Gasteiger partial charge in [-0.25, -0.2) is 0 Å². The van der Waals surface area contributed by atoms with Crippen LogP contribution < -0.4 is 16.8 Å². The summed E-state index contributed by atoms with van der Waals surface area (Å²) >= 11 is 0. The number of hydrogen-bond acceptors (Lipinski definition) is 4. The van der Waals surface area contributed by atoms with E-state index in [1.807, 2.05) is 13.8 Å². The van der Waals surface area contributed by atoms with E-state index in [4.69, 9.17) is 16.7 Å². The first-order valence-electron chi connectivity index (χ1n) is 4.87. The molecule has 6 nitrogen and oxygen atoms in total. The third-order valence-corrected chi connectivity index (χ3v) is 2.28. The van der Waals surface area contributed by atoms with Crippen LogP contribution in [0.25, 0.3) is 0 Å². The number of primary amides is 1. The number of rotatable bonds is 7. The van der Waals surface area contributed by atoms with Crippen molar-refractivity contribution in [1.82, 2.24) is 5.32 Å². The van der Waals surface area contributed by atoms with Crippen LogP contribution in [0.1, 0.15) is 26.7 Å². The fourth-order valence-corrected chi connectivity index (χ4v) is 1.00. The predicted molar refractivity (Wildman–Crippen MR) is 58.5 cm³/mol. The quantitative estimate of drug-likeness (QED) is 0.153. The molecule has 0 bridgehead atoms. The molecule has 88 valence electrons. The maximum absolute atomic E-state index is 10.4. The molecule has 0 aromatic heterocycles. The molecule has 1 amide bonds. The molecule has 0 aliphatic carbocycles. The first-order chi connectivity index (χ1) is 6.90. The Kier molecular flexibility index (Phi) is 5.69. The van der Waals surface area contributed by atoms with Gasteiger partial charge in [-0.05, 0) is 13.0 Å². The highest BCUT2D eigenvalue weighted by atomic mass is 16.4. The van der Waals surface area contributed by atoms with Gasteiger partial charge in [0.15, 0.2) is 0 Å². The van der Waals surface area contributed by atoms with Crippen LogP contribution in [-0.4, -0.2) is 30.0 Å². The van der Waals surface area contributed by atoms with Gasteiger partial charge in [0.05, 0.1) is 0 Å². The van der Waals surface area contributed by atoms with Crippen LogP contribution in [-0.2, 0) is 4.79 Å². The molecule has 0 aliphatic rings. The minimum Gasteiger partial charge on any atom is -0.409 e. The molecule has 6 heteroatoms. The van der Waals surface area contributed by atoms with E-state index < -0.39 is 0 Å². The lowest BCUT2D eigenvalue weighted by Crippen LogP contribution is -2.35. The van der Waals surface area contributed by atoms with Crippen LogP contribution in [0.3, 0.4) is 0 Å². The summed E-state index contributed by atoms with van der Waals surface area (Å²) in [5.41, 5.74) is 10.1. The van der Waals surface area contributed by atoms with Gasteiger partial charge in [0.1, 0.15) is 5.84 Å². The van der Waals surface area contributed by atoms with E-state index in [1.165, 1.54) is 0 Å². The lowest BCUT2D eigenvalue weighted by molar-refractivity contribution is -0.117. The van der Waals surface area contributed by atoms with Gasteiger partial charge < -0.3 is 22.0 Å². The third kappa shape index (κ3) is 5.90. The van der Waals surface area contributed by atoms with Gasteiger partial charge in [-0.2, -0.15) is 0 Å². The Labute approximate surface area is 89.7 Å². The summed E-state index contributed by atoms with van der Waals surface area (Å²) in [5, 5.41) is 14.6. The summed E-state index contributed by atoms with van der Waals surface area (Å²) < 4.78 is 0. The van der Waals surface area contributed by atoms with Crippen LogP contribution in [0.4, 0.5) is 0 Å². The van der Waals surface area contributed by atoms with Gasteiger partial charge in [-0.1, -0.05) is 19.0 Å². The molecule has 15 heavy (non-hydrogen) atoms. The summed E-state index contributed by atoms with van der Waals surface area (Å²) in [5.74, 6) is -0.114. The molecule has 0 fully saturated rings. The molecule has 0 radical (unpaired) electrons. The standard InChI is InChI=1S/C9H20N4O2/c1-9(2,8(11)13-15)4-6-12-5-3-7(10)14/h12,15H,3-6H2,1-2H3,(H2,10,14)(H2,11,13). The Morgan fingerprint density at radius 1 is 1.40 bits per heavy atom. The molecule has 6 N–H and O–H groups in total. The van der Waals surface area contributed by atoms with Crippen molar-refractivity contribution in [2.24, 2.45) is 22.0 Å². The van der Waals surface area contributed by atoms with Crippen LogP contribution >= 0.6 is 0 Å². The Morgan fingerprint density at radius 2 is 2.00 bits per heavy atom. The smallest absolute Gasteiger partial charge is 0.218 e. The Bertz CT molecular complexity index is 238. The molecule has 0 saturated heterocycles. The maximum atomic E-state index is 10.4. The van der Waals surface area contributed by atoms with Crippen LogP contribution in [0, 0.1) is 5.41 Å². The van der Waals surface area contributed by atoms with Crippen molar-refractivity contribution < 1.29 is 10.0 Å². The van der Waals surface area contributed by atoms with E-state index in [0.717, 1.165) is 6.42 Å². The molecule has 0 atom stereocenters. The monoisotopic (exact) mass is 216 g/mol. The van der Waals surface area contributed by atoms with Crippen molar-refractivity contribution in [1.29, 1.82) is 0 Å². The molecule has 0 unspecified atom stereocenters. The number of nitrogens with two attached hydrogens (primary N) is 2. The number of oxime groups is 1. The second-order valence-electron chi connectivity index (χ2n) is 4.09. The number of amides is 1. The second kappa shape index (κ2) is 6.23. The van der Waals surface area contributed by atoms with Crippen molar-refractivity contribution in [2.45, 2.75) is 26.7 Å². The third-order valence-electron chi connectivity index (χ3n) is 2.28. The zero-order valence-corrected chi connectivity index (χ0v) is 9.29. The molecule has 0 aromatic rings. The Morgan fingerprint density at radius 3 is 2.47 bits per heavy atom. The zero-order chi connectivity index (χ0) is 11.9. The second-order valence-corrected chi connectivity index (χ2v) is 4.09. The van der Waals surface area contributed by atoms with Crippen LogP contribution in [0.5, 0.6) is 0 Å². The summed E-state index contributed by atoms with van der Waals surface area (Å²) in [6.45, 7) is 5.02. The fraction of sp³-hybridized carbons (Fsp3) is 0.778. The summed E-state index contributed by atoms with van der Waals surface area (Å²) in [6, 6.07) is 0. The first kappa shape index (κ1) is 13.7. The van der Waals surface area contributed by atoms with E-state index in [2.05, 4.69) is 10.5 Å². The average Bonchev–Trinajstić information content (AvgIpc) is 2.15. The Hall–Kier alpha value is -1.30. The van der Waals surface area contributed by atoms with Gasteiger partial charge >= 0.3 is 0 Å². The van der Waals surface area contributed by atoms with Crippen LogP contribution in [0.15, 0.2) is 5.16 Å². The number of carbonyl (C=O) groups excluding carboxylic acids is 1. The van der Waals surface area contributed by atoms with E-state index >= 15 is 0 Å². The minimum absolute atomic E-state index is 0.208. The zero-order valence-electron chi connectivity index (χ0n) is 9.29. The SMILES string of the molecule is CC(C)(CCNCCC(N)=O)C(N)=NO. The number of hydrogen-bond donors (Lipinski definition) is 4. The van der Waals surface area contributed by atoms with Gasteiger partial charge in [0, 0.05) is 18.4 Å². The van der Waals surface area contributed by atoms with E-state index in [9.17, 15) is 4.79 Å². The summed E-state index contributed by atoms with van der Waals surface area (Å²) in [7, 11) is 0. The molecule has 0 heterocycles. The lowest BCUT2D eigenvalue weighted by Gasteiger charge is -2.22. The number of amidine groups is 1. The Balaban J connectivity index is 3.71. The lowest BCUT2D eigenvalue weighted by atomic mass is 9.88. The molecule has 0 spiro atoms. The van der Waals surface area contributed by atoms with Gasteiger partial charge in [-0.3, -0.25) is 4.79 Å². The number of nitrogens with one attached hydrogen (secondary N) is 1. The van der Waals surface area contributed by atoms with Crippen molar-refractivity contribution in [3.63, 3.8) is 0 Å². The van der Waals surface area contributed by atoms with E-state index in [1.54, 1.807) is 0 Å². The van der Waals surface area contributed by atoms with E-state index in [0.29, 0.717) is 19.5 Å². The van der Waals surface area contributed by atoms with Gasteiger partial charge in [0.25, 0.3) is 0 Å². The molecule has 0 aromatic carbocycles. The molecular formula is C9H20N4O2. The molecule has 0 aliphatic heterocycles. The molecule has 0 saturated carbocycles. The van der Waals surface area contributed by atoms with Crippen LogP contribution in [0.2, 0.25) is 0 Å². The highest BCUT2D eigenvalue weighted by molar-refractivity contribution is 5.85. The van der Waals surface area contributed by atoms with E-state index in [-0.39, 0.29) is 17.2 Å². The molecule has 0 rings (SSSR count).